The molecule has 0 aliphatic rings. The number of carbonyl (C=O) groups is 2. The first-order chi connectivity index (χ1) is 13.7. The molecule has 8 nitrogen and oxygen atoms in total. The highest BCUT2D eigenvalue weighted by molar-refractivity contribution is 7.92. The van der Waals surface area contributed by atoms with Gasteiger partial charge in [0.1, 0.15) is 5.52 Å². The monoisotopic (exact) mass is 414 g/mol. The van der Waals surface area contributed by atoms with Crippen LogP contribution in [0.2, 0.25) is 0 Å². The number of rotatable bonds is 7. The molecule has 0 amide bonds. The van der Waals surface area contributed by atoms with Gasteiger partial charge in [0.25, 0.3) is 0 Å². The molecule has 0 aliphatic carbocycles. The number of nitrogens with one attached hydrogen (secondary N) is 1. The van der Waals surface area contributed by atoms with Crippen molar-refractivity contribution in [3.05, 3.63) is 66.1 Å². The number of ether oxygens (including phenoxy) is 1. The Balaban J connectivity index is 1.60. The molecule has 0 saturated heterocycles. The molecule has 0 aliphatic heterocycles. The zero-order valence-corrected chi connectivity index (χ0v) is 16.5. The minimum Gasteiger partial charge on any atom is -0.451 e. The summed E-state index contributed by atoms with van der Waals surface area (Å²) in [5.41, 5.74) is 1.87. The second kappa shape index (κ2) is 8.27. The third-order valence-corrected chi connectivity index (χ3v) is 4.41. The van der Waals surface area contributed by atoms with Crippen molar-refractivity contribution < 1.29 is 27.2 Å². The molecular weight excluding hydrogens is 396 g/mol. The van der Waals surface area contributed by atoms with E-state index in [1.54, 1.807) is 12.1 Å². The van der Waals surface area contributed by atoms with Crippen LogP contribution in [-0.4, -0.2) is 37.5 Å². The summed E-state index contributed by atoms with van der Waals surface area (Å²) in [5, 5.41) is 0. The zero-order chi connectivity index (χ0) is 21.0. The third kappa shape index (κ3) is 5.52. The summed E-state index contributed by atoms with van der Waals surface area (Å²) in [6, 6.07) is 13.0. The number of hydrogen-bond acceptors (Lipinski definition) is 7. The van der Waals surface area contributed by atoms with Gasteiger partial charge in [-0.25, -0.2) is 18.2 Å². The Hall–Kier alpha value is -3.46. The van der Waals surface area contributed by atoms with E-state index in [1.165, 1.54) is 37.3 Å². The topological polar surface area (TPSA) is 116 Å². The summed E-state index contributed by atoms with van der Waals surface area (Å²) >= 11 is 0. The Kier molecular flexibility index (Phi) is 5.79. The van der Waals surface area contributed by atoms with Crippen LogP contribution in [0.5, 0.6) is 0 Å². The van der Waals surface area contributed by atoms with Gasteiger partial charge in [-0.05, 0) is 43.3 Å². The Morgan fingerprint density at radius 3 is 2.48 bits per heavy atom. The first kappa shape index (κ1) is 20.3. The number of ketones is 1. The number of para-hydroxylation sites is 2. The van der Waals surface area contributed by atoms with E-state index in [4.69, 9.17) is 9.15 Å². The maximum atomic E-state index is 12.4. The lowest BCUT2D eigenvalue weighted by Crippen LogP contribution is -2.23. The largest absolute Gasteiger partial charge is 0.451 e. The van der Waals surface area contributed by atoms with Gasteiger partial charge < -0.3 is 9.15 Å². The molecule has 0 fully saturated rings. The molecule has 2 aromatic carbocycles. The molecule has 1 unspecified atom stereocenters. The van der Waals surface area contributed by atoms with Crippen molar-refractivity contribution >= 4 is 44.6 Å². The molecule has 3 rings (SSSR count). The van der Waals surface area contributed by atoms with Crippen LogP contribution >= 0.6 is 0 Å². The van der Waals surface area contributed by atoms with Gasteiger partial charge in [0, 0.05) is 23.4 Å². The summed E-state index contributed by atoms with van der Waals surface area (Å²) in [7, 11) is -3.41. The highest BCUT2D eigenvalue weighted by Gasteiger charge is 2.18. The summed E-state index contributed by atoms with van der Waals surface area (Å²) in [6.07, 6.45) is 2.50. The van der Waals surface area contributed by atoms with Crippen LogP contribution in [0.4, 0.5) is 5.69 Å². The molecule has 3 aromatic rings. The van der Waals surface area contributed by atoms with E-state index in [9.17, 15) is 18.0 Å². The molecule has 1 atom stereocenters. The van der Waals surface area contributed by atoms with Crippen molar-refractivity contribution in [3.63, 3.8) is 0 Å². The minimum absolute atomic E-state index is 0.246. The van der Waals surface area contributed by atoms with Gasteiger partial charge in [-0.15, -0.1) is 0 Å². The molecule has 9 heteroatoms. The zero-order valence-electron chi connectivity index (χ0n) is 15.7. The van der Waals surface area contributed by atoms with Gasteiger partial charge >= 0.3 is 5.97 Å². The van der Waals surface area contributed by atoms with Gasteiger partial charge in [-0.3, -0.25) is 9.52 Å². The number of oxazole rings is 1. The smallest absolute Gasteiger partial charge is 0.331 e. The van der Waals surface area contributed by atoms with Crippen molar-refractivity contribution in [1.82, 2.24) is 4.98 Å². The van der Waals surface area contributed by atoms with E-state index >= 15 is 0 Å². The van der Waals surface area contributed by atoms with Crippen LogP contribution in [0.3, 0.4) is 0 Å². The van der Waals surface area contributed by atoms with Crippen LogP contribution in [0.25, 0.3) is 17.2 Å². The van der Waals surface area contributed by atoms with E-state index in [0.717, 1.165) is 12.3 Å². The number of benzene rings is 2. The second-order valence-electron chi connectivity index (χ2n) is 6.25. The van der Waals surface area contributed by atoms with Gasteiger partial charge in [0.05, 0.1) is 6.26 Å². The van der Waals surface area contributed by atoms with Gasteiger partial charge in [-0.1, -0.05) is 12.1 Å². The average Bonchev–Trinajstić information content (AvgIpc) is 3.08. The number of sulfonamides is 1. The SMILES string of the molecule is CC(OC(=O)/C=C/c1nc2ccccc2o1)C(=O)c1ccc(NS(C)(=O)=O)cc1. The van der Waals surface area contributed by atoms with Gasteiger partial charge in [0.15, 0.2) is 11.7 Å². The number of hydrogen-bond donors (Lipinski definition) is 1. The highest BCUT2D eigenvalue weighted by atomic mass is 32.2. The molecule has 1 N–H and O–H groups in total. The van der Waals surface area contributed by atoms with Crippen LogP contribution in [0, 0.1) is 0 Å². The van der Waals surface area contributed by atoms with E-state index in [1.807, 2.05) is 12.1 Å². The first-order valence-corrected chi connectivity index (χ1v) is 10.5. The Labute approximate surface area is 167 Å². The summed E-state index contributed by atoms with van der Waals surface area (Å²) < 4.78 is 35.3. The fourth-order valence-corrected chi connectivity index (χ4v) is 3.08. The predicted molar refractivity (Wildman–Crippen MR) is 108 cm³/mol. The van der Waals surface area contributed by atoms with Crippen molar-refractivity contribution in [2.75, 3.05) is 11.0 Å². The number of esters is 1. The third-order valence-electron chi connectivity index (χ3n) is 3.81. The molecule has 0 radical (unpaired) electrons. The number of carbonyl (C=O) groups excluding carboxylic acids is 2. The number of fused-ring (bicyclic) bond motifs is 1. The maximum Gasteiger partial charge on any atom is 0.331 e. The maximum absolute atomic E-state index is 12.4. The minimum atomic E-state index is -3.41. The lowest BCUT2D eigenvalue weighted by molar-refractivity contribution is -0.140. The number of anilines is 1. The Bertz CT molecular complexity index is 1150. The standard InChI is InChI=1S/C20H18N2O6S/c1-13(20(24)14-7-9-15(10-8-14)22-29(2,25)26)27-19(23)12-11-18-21-16-5-3-4-6-17(16)28-18/h3-13,22H,1-2H3/b12-11+. The normalized spacial score (nSPS) is 12.8. The van der Waals surface area contributed by atoms with E-state index in [-0.39, 0.29) is 11.5 Å². The first-order valence-electron chi connectivity index (χ1n) is 8.57. The Morgan fingerprint density at radius 1 is 1.14 bits per heavy atom. The highest BCUT2D eigenvalue weighted by Crippen LogP contribution is 2.16. The number of aromatic nitrogens is 1. The van der Waals surface area contributed by atoms with Crippen LogP contribution in [-0.2, 0) is 19.6 Å². The van der Waals surface area contributed by atoms with Crippen molar-refractivity contribution in [1.29, 1.82) is 0 Å². The van der Waals surface area contributed by atoms with Gasteiger partial charge in [-0.2, -0.15) is 0 Å². The fraction of sp³-hybridized carbons (Fsp3) is 0.150. The Morgan fingerprint density at radius 2 is 1.83 bits per heavy atom. The van der Waals surface area contributed by atoms with Crippen molar-refractivity contribution in [3.8, 4) is 0 Å². The van der Waals surface area contributed by atoms with Crippen LogP contribution in [0.15, 0.2) is 59.0 Å². The van der Waals surface area contributed by atoms with Crippen LogP contribution < -0.4 is 4.72 Å². The van der Waals surface area contributed by atoms with Gasteiger partial charge in [0.2, 0.25) is 21.7 Å². The van der Waals surface area contributed by atoms with E-state index in [0.29, 0.717) is 16.8 Å². The summed E-state index contributed by atoms with van der Waals surface area (Å²) in [6.45, 7) is 1.45. The molecule has 1 heterocycles. The molecule has 29 heavy (non-hydrogen) atoms. The van der Waals surface area contributed by atoms with Crippen molar-refractivity contribution in [2.24, 2.45) is 0 Å². The molecular formula is C20H18N2O6S. The molecule has 1 aromatic heterocycles. The number of Topliss-reactive ketones (excluding diaryl/α,β-unsaturated/α-hetero) is 1. The average molecular weight is 414 g/mol. The summed E-state index contributed by atoms with van der Waals surface area (Å²) in [5.74, 6) is -0.890. The molecule has 150 valence electrons. The van der Waals surface area contributed by atoms with E-state index < -0.39 is 27.9 Å². The fourth-order valence-electron chi connectivity index (χ4n) is 2.52. The quantitative estimate of drug-likeness (QED) is 0.359. The van der Waals surface area contributed by atoms with Crippen molar-refractivity contribution in [2.45, 2.75) is 13.0 Å². The predicted octanol–water partition coefficient (Wildman–Crippen LogP) is 3.03. The molecule has 0 spiro atoms. The lowest BCUT2D eigenvalue weighted by atomic mass is 10.1. The molecule has 0 bridgehead atoms. The second-order valence-corrected chi connectivity index (χ2v) is 8.00. The van der Waals surface area contributed by atoms with E-state index in [2.05, 4.69) is 9.71 Å². The summed E-state index contributed by atoms with van der Waals surface area (Å²) in [4.78, 5) is 28.6. The number of nitrogens with zero attached hydrogens (tertiary/aromatic N) is 1. The van der Waals surface area contributed by atoms with Crippen LogP contribution in [0.1, 0.15) is 23.2 Å². The molecule has 0 saturated carbocycles. The lowest BCUT2D eigenvalue weighted by Gasteiger charge is -2.11.